The van der Waals surface area contributed by atoms with Crippen molar-refractivity contribution in [2.45, 2.75) is 98.0 Å². The summed E-state index contributed by atoms with van der Waals surface area (Å²) in [6.45, 7) is 16.5. The van der Waals surface area contributed by atoms with E-state index in [1.54, 1.807) is 0 Å². The van der Waals surface area contributed by atoms with Crippen molar-refractivity contribution in [1.29, 1.82) is 0 Å². The molecular weight excluding hydrogens is 292 g/mol. The Morgan fingerprint density at radius 3 is 2.04 bits per heavy atom. The third kappa shape index (κ3) is 8.33. The smallest absolute Gasteiger partial charge is 0.0626 e. The van der Waals surface area contributed by atoms with Gasteiger partial charge in [-0.25, -0.2) is 0 Å². The molecular formula is C23H40O. The Kier molecular flexibility index (Phi) is 8.50. The molecule has 0 saturated carbocycles. The van der Waals surface area contributed by atoms with Gasteiger partial charge in [-0.05, 0) is 62.5 Å². The van der Waals surface area contributed by atoms with Crippen LogP contribution in [0.15, 0.2) is 24.3 Å². The zero-order valence-corrected chi connectivity index (χ0v) is 17.2. The van der Waals surface area contributed by atoms with Crippen LogP contribution in [0.1, 0.15) is 91.7 Å². The second-order valence-corrected chi connectivity index (χ2v) is 9.03. The first-order chi connectivity index (χ1) is 11.1. The van der Waals surface area contributed by atoms with Gasteiger partial charge in [-0.2, -0.15) is 0 Å². The molecule has 1 heteroatoms. The largest absolute Gasteiger partial charge is 0.376 e. The van der Waals surface area contributed by atoms with Crippen LogP contribution in [0.3, 0.4) is 0 Å². The van der Waals surface area contributed by atoms with Crippen molar-refractivity contribution in [2.75, 3.05) is 6.61 Å². The number of hydrogen-bond donors (Lipinski definition) is 0. The lowest BCUT2D eigenvalue weighted by Gasteiger charge is -2.25. The summed E-state index contributed by atoms with van der Waals surface area (Å²) in [5, 5.41) is 0. The maximum atomic E-state index is 5.78. The molecule has 0 aliphatic rings. The average molecular weight is 333 g/mol. The number of hydrogen-bond acceptors (Lipinski definition) is 1. The molecule has 0 saturated heterocycles. The topological polar surface area (TPSA) is 9.23 Å². The van der Waals surface area contributed by atoms with Crippen molar-refractivity contribution in [2.24, 2.45) is 5.92 Å². The van der Waals surface area contributed by atoms with Crippen molar-refractivity contribution < 1.29 is 4.74 Å². The highest BCUT2D eigenvalue weighted by Gasteiger charge is 2.17. The van der Waals surface area contributed by atoms with Gasteiger partial charge in [0.25, 0.3) is 0 Å². The molecule has 0 bridgehead atoms. The van der Waals surface area contributed by atoms with Crippen molar-refractivity contribution in [3.05, 3.63) is 35.4 Å². The molecule has 0 radical (unpaired) electrons. The maximum Gasteiger partial charge on any atom is 0.0626 e. The summed E-state index contributed by atoms with van der Waals surface area (Å²) in [5.74, 6) is 0.816. The van der Waals surface area contributed by atoms with E-state index in [1.807, 2.05) is 0 Å². The molecule has 1 aromatic carbocycles. The third-order valence-electron chi connectivity index (χ3n) is 4.99. The zero-order valence-electron chi connectivity index (χ0n) is 17.2. The molecule has 0 amide bonds. The molecule has 0 aromatic heterocycles. The van der Waals surface area contributed by atoms with Gasteiger partial charge >= 0.3 is 0 Å². The summed E-state index contributed by atoms with van der Waals surface area (Å²) in [6.07, 6.45) is 7.59. The van der Waals surface area contributed by atoms with Gasteiger partial charge in [0.15, 0.2) is 0 Å². The monoisotopic (exact) mass is 332 g/mol. The molecule has 0 aliphatic carbocycles. The lowest BCUT2D eigenvalue weighted by atomic mass is 9.86. The average Bonchev–Trinajstić information content (AvgIpc) is 2.46. The first-order valence-electron chi connectivity index (χ1n) is 9.87. The highest BCUT2D eigenvalue weighted by atomic mass is 16.5. The van der Waals surface area contributed by atoms with Gasteiger partial charge in [0, 0.05) is 6.61 Å². The summed E-state index contributed by atoms with van der Waals surface area (Å²) < 4.78 is 5.78. The van der Waals surface area contributed by atoms with Gasteiger partial charge in [0.05, 0.1) is 5.60 Å². The summed E-state index contributed by atoms with van der Waals surface area (Å²) in [7, 11) is 0. The number of rotatable bonds is 10. The van der Waals surface area contributed by atoms with Crippen LogP contribution in [0.5, 0.6) is 0 Å². The van der Waals surface area contributed by atoms with E-state index in [0.29, 0.717) is 0 Å². The van der Waals surface area contributed by atoms with E-state index in [9.17, 15) is 0 Å². The molecule has 0 spiro atoms. The number of aryl methyl sites for hydroxylation is 1. The molecule has 1 nitrogen and oxygen atoms in total. The first-order valence-corrected chi connectivity index (χ1v) is 9.87. The Morgan fingerprint density at radius 1 is 0.917 bits per heavy atom. The van der Waals surface area contributed by atoms with Crippen LogP contribution in [0.25, 0.3) is 0 Å². The molecule has 0 aliphatic heterocycles. The molecule has 1 atom stereocenters. The molecule has 0 fully saturated rings. The quantitative estimate of drug-likeness (QED) is 0.451. The minimum Gasteiger partial charge on any atom is -0.376 e. The predicted molar refractivity (Wildman–Crippen MR) is 107 cm³/mol. The van der Waals surface area contributed by atoms with Crippen LogP contribution in [0.4, 0.5) is 0 Å². The van der Waals surface area contributed by atoms with E-state index in [4.69, 9.17) is 4.74 Å². The Balaban J connectivity index is 2.25. The third-order valence-corrected chi connectivity index (χ3v) is 4.99. The van der Waals surface area contributed by atoms with Gasteiger partial charge in [0.1, 0.15) is 0 Å². The number of ether oxygens (including phenoxy) is 1. The highest BCUT2D eigenvalue weighted by molar-refractivity contribution is 5.27. The second kappa shape index (κ2) is 9.61. The second-order valence-electron chi connectivity index (χ2n) is 9.03. The van der Waals surface area contributed by atoms with Crippen molar-refractivity contribution >= 4 is 0 Å². The van der Waals surface area contributed by atoms with Crippen molar-refractivity contribution in [3.63, 3.8) is 0 Å². The molecule has 1 rings (SSSR count). The van der Waals surface area contributed by atoms with E-state index in [2.05, 4.69) is 72.7 Å². The maximum absolute atomic E-state index is 5.78. The zero-order chi connectivity index (χ0) is 18.2. The number of benzene rings is 1. The molecule has 138 valence electrons. The lowest BCUT2D eigenvalue weighted by molar-refractivity contribution is -0.0183. The van der Waals surface area contributed by atoms with E-state index >= 15 is 0 Å². The van der Waals surface area contributed by atoms with Crippen LogP contribution in [0.2, 0.25) is 0 Å². The van der Waals surface area contributed by atoms with Crippen molar-refractivity contribution in [1.82, 2.24) is 0 Å². The SMILES string of the molecule is CCOC(C)(C)CCCC(C)CCCc1ccc(C(C)(C)C)cc1. The fourth-order valence-electron chi connectivity index (χ4n) is 3.31. The van der Waals surface area contributed by atoms with E-state index < -0.39 is 0 Å². The van der Waals surface area contributed by atoms with Crippen molar-refractivity contribution in [3.8, 4) is 0 Å². The summed E-state index contributed by atoms with van der Waals surface area (Å²) in [5.41, 5.74) is 3.20. The first kappa shape index (κ1) is 21.2. The fourth-order valence-corrected chi connectivity index (χ4v) is 3.31. The Morgan fingerprint density at radius 2 is 1.50 bits per heavy atom. The summed E-state index contributed by atoms with van der Waals surface area (Å²) >= 11 is 0. The molecule has 0 heterocycles. The van der Waals surface area contributed by atoms with Gasteiger partial charge in [-0.3, -0.25) is 0 Å². The van der Waals surface area contributed by atoms with Crippen LogP contribution in [0, 0.1) is 5.92 Å². The van der Waals surface area contributed by atoms with Crippen LogP contribution in [-0.4, -0.2) is 12.2 Å². The lowest BCUT2D eigenvalue weighted by Crippen LogP contribution is -2.24. The Hall–Kier alpha value is -0.820. The molecule has 24 heavy (non-hydrogen) atoms. The Bertz CT molecular complexity index is 450. The van der Waals surface area contributed by atoms with Crippen LogP contribution >= 0.6 is 0 Å². The molecule has 1 unspecified atom stereocenters. The predicted octanol–water partition coefficient (Wildman–Crippen LogP) is 6.93. The van der Waals surface area contributed by atoms with Gasteiger partial charge in [-0.15, -0.1) is 0 Å². The van der Waals surface area contributed by atoms with E-state index in [0.717, 1.165) is 12.5 Å². The van der Waals surface area contributed by atoms with E-state index in [1.165, 1.54) is 49.7 Å². The van der Waals surface area contributed by atoms with Gasteiger partial charge in [-0.1, -0.05) is 71.2 Å². The normalized spacial score (nSPS) is 14.0. The van der Waals surface area contributed by atoms with Crippen LogP contribution in [-0.2, 0) is 16.6 Å². The summed E-state index contributed by atoms with van der Waals surface area (Å²) in [4.78, 5) is 0. The van der Waals surface area contributed by atoms with Gasteiger partial charge < -0.3 is 4.74 Å². The van der Waals surface area contributed by atoms with Gasteiger partial charge in [0.2, 0.25) is 0 Å². The minimum absolute atomic E-state index is 0.0449. The molecule has 1 aromatic rings. The fraction of sp³-hybridized carbons (Fsp3) is 0.739. The minimum atomic E-state index is 0.0449. The highest BCUT2D eigenvalue weighted by Crippen LogP contribution is 2.24. The van der Waals surface area contributed by atoms with Crippen LogP contribution < -0.4 is 0 Å². The summed E-state index contributed by atoms with van der Waals surface area (Å²) in [6, 6.07) is 9.23. The Labute approximate surface area is 151 Å². The van der Waals surface area contributed by atoms with E-state index in [-0.39, 0.29) is 11.0 Å². The molecule has 0 N–H and O–H groups in total. The standard InChI is InChI=1S/C23H40O/c1-8-24-23(6,7)18-10-12-19(2)11-9-13-20-14-16-21(17-15-20)22(3,4)5/h14-17,19H,8-13,18H2,1-7H3.